The van der Waals surface area contributed by atoms with Gasteiger partial charge in [-0.05, 0) is 62.5 Å². The van der Waals surface area contributed by atoms with Gasteiger partial charge in [0.05, 0.1) is 19.1 Å². The van der Waals surface area contributed by atoms with E-state index < -0.39 is 0 Å². The van der Waals surface area contributed by atoms with Crippen LogP contribution >= 0.6 is 12.2 Å². The second-order valence-electron chi connectivity index (χ2n) is 7.33. The molecule has 1 aliphatic heterocycles. The zero-order valence-electron chi connectivity index (χ0n) is 16.9. The van der Waals surface area contributed by atoms with Crippen LogP contribution in [0.4, 0.5) is 0 Å². The number of benzene rings is 1. The minimum Gasteiger partial charge on any atom is -0.494 e. The van der Waals surface area contributed by atoms with Crippen molar-refractivity contribution in [2.24, 2.45) is 11.8 Å². The van der Waals surface area contributed by atoms with Crippen molar-refractivity contribution in [3.05, 3.63) is 29.8 Å². The number of piperidine rings is 1. The molecule has 0 radical (unpaired) electrons. The average molecular weight is 407 g/mol. The fraction of sp³-hybridized carbons (Fsp3) is 0.571. The summed E-state index contributed by atoms with van der Waals surface area (Å²) >= 11 is 5.38. The molecule has 0 atom stereocenters. The van der Waals surface area contributed by atoms with Crippen molar-refractivity contribution in [2.75, 3.05) is 26.3 Å². The van der Waals surface area contributed by atoms with E-state index in [0.29, 0.717) is 61.5 Å². The monoisotopic (exact) mass is 406 g/mol. The van der Waals surface area contributed by atoms with Crippen LogP contribution in [0.1, 0.15) is 50.4 Å². The largest absolute Gasteiger partial charge is 0.494 e. The number of carbonyl (C=O) groups excluding carboxylic acids is 2. The maximum atomic E-state index is 12.5. The summed E-state index contributed by atoms with van der Waals surface area (Å²) in [5.41, 5.74) is 0.505. The maximum absolute atomic E-state index is 12.5. The van der Waals surface area contributed by atoms with Gasteiger partial charge in [0.15, 0.2) is 5.11 Å². The Hall–Kier alpha value is -2.15. The Labute approximate surface area is 172 Å². The Morgan fingerprint density at radius 3 is 2.64 bits per heavy atom. The Bertz CT molecular complexity index is 685. The van der Waals surface area contributed by atoms with Gasteiger partial charge in [-0.2, -0.15) is 0 Å². The molecule has 28 heavy (non-hydrogen) atoms. The molecule has 154 valence electrons. The predicted molar refractivity (Wildman–Crippen MR) is 112 cm³/mol. The van der Waals surface area contributed by atoms with Crippen molar-refractivity contribution >= 4 is 29.2 Å². The van der Waals surface area contributed by atoms with Crippen molar-refractivity contribution in [1.82, 2.24) is 10.2 Å². The zero-order valence-corrected chi connectivity index (χ0v) is 17.7. The molecule has 1 amide bonds. The van der Waals surface area contributed by atoms with Gasteiger partial charge in [0.25, 0.3) is 5.91 Å². The Morgan fingerprint density at radius 1 is 1.29 bits per heavy atom. The molecule has 0 aliphatic carbocycles. The number of thiocarbonyl (C=S) groups is 1. The van der Waals surface area contributed by atoms with Crippen LogP contribution in [-0.2, 0) is 9.53 Å². The van der Waals surface area contributed by atoms with Crippen LogP contribution in [0, 0.1) is 11.8 Å². The van der Waals surface area contributed by atoms with Gasteiger partial charge in [0.2, 0.25) is 0 Å². The lowest BCUT2D eigenvalue weighted by Gasteiger charge is -2.32. The fourth-order valence-corrected chi connectivity index (χ4v) is 3.24. The quantitative estimate of drug-likeness (QED) is 0.553. The van der Waals surface area contributed by atoms with E-state index in [9.17, 15) is 9.59 Å². The van der Waals surface area contributed by atoms with E-state index in [4.69, 9.17) is 21.7 Å². The normalized spacial score (nSPS) is 14.6. The van der Waals surface area contributed by atoms with Crippen LogP contribution in [0.25, 0.3) is 0 Å². The van der Waals surface area contributed by atoms with Crippen LogP contribution in [0.5, 0.6) is 5.75 Å². The first-order valence-corrected chi connectivity index (χ1v) is 10.3. The molecule has 1 aromatic rings. The molecule has 0 saturated carbocycles. The summed E-state index contributed by atoms with van der Waals surface area (Å²) in [5, 5.41) is 3.17. The third-order valence-electron chi connectivity index (χ3n) is 4.68. The standard InChI is InChI=1S/C21H30N2O4S/c1-4-26-20(25)16-8-11-23(12-9-16)21(28)22-19(24)17-6-5-7-18(14-17)27-13-10-15(2)3/h5-7,14-16H,4,8-13H2,1-3H3,(H,22,24,28). The Balaban J connectivity index is 1.84. The van der Waals surface area contributed by atoms with Crippen molar-refractivity contribution in [3.8, 4) is 5.75 Å². The second-order valence-corrected chi connectivity index (χ2v) is 7.72. The van der Waals surface area contributed by atoms with E-state index in [0.717, 1.165) is 6.42 Å². The molecule has 0 aromatic heterocycles. The molecular formula is C21H30N2O4S. The number of nitrogens with one attached hydrogen (secondary N) is 1. The lowest BCUT2D eigenvalue weighted by molar-refractivity contribution is -0.149. The van der Waals surface area contributed by atoms with Crippen LogP contribution in [0.3, 0.4) is 0 Å². The third kappa shape index (κ3) is 6.78. The summed E-state index contributed by atoms with van der Waals surface area (Å²) in [7, 11) is 0. The van der Waals surface area contributed by atoms with Gasteiger partial charge in [-0.3, -0.25) is 14.9 Å². The van der Waals surface area contributed by atoms with Gasteiger partial charge < -0.3 is 14.4 Å². The highest BCUT2D eigenvalue weighted by atomic mass is 32.1. The SMILES string of the molecule is CCOC(=O)C1CCN(C(=S)NC(=O)c2cccc(OCCC(C)C)c2)CC1. The first-order chi connectivity index (χ1) is 13.4. The number of esters is 1. The molecule has 1 saturated heterocycles. The minimum atomic E-state index is -0.258. The fourth-order valence-electron chi connectivity index (χ4n) is 2.97. The molecule has 1 aliphatic rings. The smallest absolute Gasteiger partial charge is 0.309 e. The summed E-state index contributed by atoms with van der Waals surface area (Å²) in [6.07, 6.45) is 2.31. The van der Waals surface area contributed by atoms with E-state index in [1.165, 1.54) is 0 Å². The van der Waals surface area contributed by atoms with E-state index in [2.05, 4.69) is 19.2 Å². The number of ether oxygens (including phenoxy) is 2. The number of hydrogen-bond acceptors (Lipinski definition) is 5. The van der Waals surface area contributed by atoms with Crippen LogP contribution in [0.15, 0.2) is 24.3 Å². The Kier molecular flexibility index (Phi) is 8.70. The topological polar surface area (TPSA) is 67.9 Å². The predicted octanol–water partition coefficient (Wildman–Crippen LogP) is 3.40. The minimum absolute atomic E-state index is 0.0885. The molecule has 2 rings (SSSR count). The van der Waals surface area contributed by atoms with E-state index in [1.54, 1.807) is 18.2 Å². The Morgan fingerprint density at radius 2 is 2.00 bits per heavy atom. The lowest BCUT2D eigenvalue weighted by atomic mass is 9.97. The molecule has 7 heteroatoms. The number of hydrogen-bond donors (Lipinski definition) is 1. The van der Waals surface area contributed by atoms with E-state index in [-0.39, 0.29) is 17.8 Å². The van der Waals surface area contributed by atoms with Crippen LogP contribution in [-0.4, -0.2) is 48.2 Å². The zero-order chi connectivity index (χ0) is 20.5. The molecule has 1 heterocycles. The number of rotatable bonds is 7. The third-order valence-corrected chi connectivity index (χ3v) is 5.04. The summed E-state index contributed by atoms with van der Waals surface area (Å²) in [6, 6.07) is 7.11. The summed E-state index contributed by atoms with van der Waals surface area (Å²) in [5.74, 6) is 0.749. The summed E-state index contributed by atoms with van der Waals surface area (Å²) in [4.78, 5) is 26.3. The van der Waals surface area contributed by atoms with E-state index >= 15 is 0 Å². The number of carbonyl (C=O) groups is 2. The van der Waals surface area contributed by atoms with Crippen LogP contribution in [0.2, 0.25) is 0 Å². The number of nitrogens with zero attached hydrogens (tertiary/aromatic N) is 1. The maximum Gasteiger partial charge on any atom is 0.309 e. The first kappa shape index (κ1) is 22.1. The molecule has 0 unspecified atom stereocenters. The lowest BCUT2D eigenvalue weighted by Crippen LogP contribution is -2.47. The molecule has 1 fully saturated rings. The van der Waals surface area contributed by atoms with Crippen molar-refractivity contribution < 1.29 is 19.1 Å². The molecule has 0 spiro atoms. The summed E-state index contributed by atoms with van der Waals surface area (Å²) in [6.45, 7) is 8.36. The highest BCUT2D eigenvalue weighted by molar-refractivity contribution is 7.80. The van der Waals surface area contributed by atoms with Crippen LogP contribution < -0.4 is 10.1 Å². The van der Waals surface area contributed by atoms with Gasteiger partial charge in [-0.25, -0.2) is 0 Å². The van der Waals surface area contributed by atoms with Gasteiger partial charge in [0, 0.05) is 18.7 Å². The molecule has 1 N–H and O–H groups in total. The van der Waals surface area contributed by atoms with Gasteiger partial charge in [0.1, 0.15) is 5.75 Å². The molecular weight excluding hydrogens is 376 g/mol. The summed E-state index contributed by atoms with van der Waals surface area (Å²) < 4.78 is 10.8. The second kappa shape index (κ2) is 11.0. The number of likely N-dealkylation sites (tertiary alicyclic amines) is 1. The van der Waals surface area contributed by atoms with E-state index in [1.807, 2.05) is 17.9 Å². The average Bonchev–Trinajstić information content (AvgIpc) is 2.68. The van der Waals surface area contributed by atoms with Crippen molar-refractivity contribution in [2.45, 2.75) is 40.0 Å². The van der Waals surface area contributed by atoms with Gasteiger partial charge in [-0.15, -0.1) is 0 Å². The first-order valence-electron chi connectivity index (χ1n) is 9.90. The highest BCUT2D eigenvalue weighted by Crippen LogP contribution is 2.19. The van der Waals surface area contributed by atoms with Gasteiger partial charge >= 0.3 is 5.97 Å². The van der Waals surface area contributed by atoms with Gasteiger partial charge in [-0.1, -0.05) is 19.9 Å². The molecule has 0 bridgehead atoms. The highest BCUT2D eigenvalue weighted by Gasteiger charge is 2.27. The number of amides is 1. The molecule has 1 aromatic carbocycles. The van der Waals surface area contributed by atoms with Crippen molar-refractivity contribution in [1.29, 1.82) is 0 Å². The van der Waals surface area contributed by atoms with Crippen molar-refractivity contribution in [3.63, 3.8) is 0 Å². The molecule has 6 nitrogen and oxygen atoms in total.